The van der Waals surface area contributed by atoms with Crippen LogP contribution in [0.4, 0.5) is 0 Å². The minimum atomic E-state index is -0.808. The smallest absolute Gasteiger partial charge is 0.317 e. The fourth-order valence-electron chi connectivity index (χ4n) is 0.758. The van der Waals surface area contributed by atoms with Crippen molar-refractivity contribution in [1.29, 1.82) is 0 Å². The monoisotopic (exact) mass is 181 g/mol. The molecule has 0 fully saturated rings. The third-order valence-corrected chi connectivity index (χ3v) is 1.32. The molecule has 1 N–H and O–H groups in total. The van der Waals surface area contributed by atoms with Crippen molar-refractivity contribution in [1.82, 2.24) is 4.90 Å². The van der Waals surface area contributed by atoms with Gasteiger partial charge < -0.3 is 5.11 Å². The van der Waals surface area contributed by atoms with Gasteiger partial charge in [0.2, 0.25) is 0 Å². The van der Waals surface area contributed by atoms with Crippen LogP contribution < -0.4 is 0 Å². The molecule has 13 heavy (non-hydrogen) atoms. The first-order chi connectivity index (χ1) is 6.16. The van der Waals surface area contributed by atoms with Gasteiger partial charge in [0.15, 0.2) is 0 Å². The van der Waals surface area contributed by atoms with Crippen molar-refractivity contribution in [3.63, 3.8) is 0 Å². The third-order valence-electron chi connectivity index (χ3n) is 1.32. The van der Waals surface area contributed by atoms with Gasteiger partial charge >= 0.3 is 5.97 Å². The Morgan fingerprint density at radius 1 is 1.46 bits per heavy atom. The van der Waals surface area contributed by atoms with Crippen LogP contribution in [-0.2, 0) is 4.79 Å². The van der Waals surface area contributed by atoms with Crippen LogP contribution >= 0.6 is 0 Å². The minimum Gasteiger partial charge on any atom is -0.480 e. The van der Waals surface area contributed by atoms with E-state index in [0.717, 1.165) is 0 Å². The Balaban J connectivity index is 3.62. The maximum Gasteiger partial charge on any atom is 0.317 e. The van der Waals surface area contributed by atoms with E-state index in [2.05, 4.69) is 6.58 Å². The van der Waals surface area contributed by atoms with Gasteiger partial charge in [-0.25, -0.2) is 0 Å². The zero-order valence-electron chi connectivity index (χ0n) is 7.81. The first kappa shape index (κ1) is 11.6. The number of carboxylic acid groups (broad SMARTS) is 1. The summed E-state index contributed by atoms with van der Waals surface area (Å²) in [6, 6.07) is 0. The fourth-order valence-corrected chi connectivity index (χ4v) is 0.758. The number of rotatable bonds is 6. The first-order valence-corrected chi connectivity index (χ1v) is 4.01. The van der Waals surface area contributed by atoms with Crippen LogP contribution in [0.25, 0.3) is 0 Å². The van der Waals surface area contributed by atoms with Crippen molar-refractivity contribution in [2.24, 2.45) is 0 Å². The van der Waals surface area contributed by atoms with Gasteiger partial charge in [0.25, 0.3) is 0 Å². The lowest BCUT2D eigenvalue weighted by Crippen LogP contribution is -2.25. The molecule has 0 aromatic heterocycles. The molecule has 0 amide bonds. The van der Waals surface area contributed by atoms with Crippen molar-refractivity contribution >= 4 is 5.97 Å². The van der Waals surface area contributed by atoms with E-state index < -0.39 is 5.97 Å². The Labute approximate surface area is 78.7 Å². The molecule has 0 saturated heterocycles. The summed E-state index contributed by atoms with van der Waals surface area (Å²) in [6.07, 6.45) is 9.10. The molecule has 0 aromatic carbocycles. The number of hydrogen-bond acceptors (Lipinski definition) is 2. The van der Waals surface area contributed by atoms with Gasteiger partial charge in [-0.2, -0.15) is 0 Å². The molecule has 0 aromatic rings. The Kier molecular flexibility index (Phi) is 6.55. The maximum absolute atomic E-state index is 10.3. The zero-order valence-corrected chi connectivity index (χ0v) is 7.81. The second-order valence-corrected chi connectivity index (χ2v) is 2.64. The van der Waals surface area contributed by atoms with Gasteiger partial charge in [0.1, 0.15) is 0 Å². The van der Waals surface area contributed by atoms with Crippen molar-refractivity contribution in [2.45, 2.75) is 0 Å². The Bertz CT molecular complexity index is 219. The van der Waals surface area contributed by atoms with E-state index in [4.69, 9.17) is 5.11 Å². The fraction of sp³-hybridized carbons (Fsp3) is 0.300. The Morgan fingerprint density at radius 3 is 2.69 bits per heavy atom. The van der Waals surface area contributed by atoms with Gasteiger partial charge in [0, 0.05) is 6.54 Å². The number of hydrogen-bond donors (Lipinski definition) is 1. The molecule has 0 bridgehead atoms. The highest BCUT2D eigenvalue weighted by atomic mass is 16.4. The van der Waals surface area contributed by atoms with Gasteiger partial charge in [-0.05, 0) is 7.05 Å². The highest BCUT2D eigenvalue weighted by molar-refractivity contribution is 5.69. The molecule has 3 heteroatoms. The van der Waals surface area contributed by atoms with Crippen LogP contribution in [0.5, 0.6) is 0 Å². The second-order valence-electron chi connectivity index (χ2n) is 2.64. The largest absolute Gasteiger partial charge is 0.480 e. The predicted octanol–water partition coefficient (Wildman–Crippen LogP) is 1.30. The predicted molar refractivity (Wildman–Crippen MR) is 53.6 cm³/mol. The molecule has 72 valence electrons. The van der Waals surface area contributed by atoms with Crippen LogP contribution in [-0.4, -0.2) is 36.1 Å². The number of aliphatic carboxylic acids is 1. The summed E-state index contributed by atoms with van der Waals surface area (Å²) in [5.74, 6) is -0.808. The summed E-state index contributed by atoms with van der Waals surface area (Å²) >= 11 is 0. The minimum absolute atomic E-state index is 0.0650. The lowest BCUT2D eigenvalue weighted by Gasteiger charge is -2.09. The summed E-state index contributed by atoms with van der Waals surface area (Å²) in [6.45, 7) is 4.22. The highest BCUT2D eigenvalue weighted by Gasteiger charge is 2.00. The summed E-state index contributed by atoms with van der Waals surface area (Å²) < 4.78 is 0. The molecule has 0 aliphatic heterocycles. The molecular weight excluding hydrogens is 166 g/mol. The molecule has 0 atom stereocenters. The van der Waals surface area contributed by atoms with E-state index in [1.54, 1.807) is 18.0 Å². The number of allylic oxidation sites excluding steroid dienone is 4. The quantitative estimate of drug-likeness (QED) is 0.628. The molecule has 0 aliphatic rings. The van der Waals surface area contributed by atoms with Crippen molar-refractivity contribution < 1.29 is 9.90 Å². The summed E-state index contributed by atoms with van der Waals surface area (Å²) in [7, 11) is 1.76. The van der Waals surface area contributed by atoms with Crippen molar-refractivity contribution in [3.8, 4) is 0 Å². The maximum atomic E-state index is 10.3. The van der Waals surface area contributed by atoms with Gasteiger partial charge in [-0.15, -0.1) is 0 Å². The van der Waals surface area contributed by atoms with Crippen LogP contribution in [0.2, 0.25) is 0 Å². The molecule has 0 spiro atoms. The molecule has 0 rings (SSSR count). The number of likely N-dealkylation sites (N-methyl/N-ethyl adjacent to an activating group) is 1. The number of carboxylic acids is 1. The molecule has 0 heterocycles. The lowest BCUT2D eigenvalue weighted by atomic mass is 10.4. The van der Waals surface area contributed by atoms with Gasteiger partial charge in [0.05, 0.1) is 6.54 Å². The van der Waals surface area contributed by atoms with Crippen LogP contribution in [0, 0.1) is 0 Å². The Hall–Kier alpha value is -1.35. The lowest BCUT2D eigenvalue weighted by molar-refractivity contribution is -0.137. The van der Waals surface area contributed by atoms with Crippen LogP contribution in [0.3, 0.4) is 0 Å². The topological polar surface area (TPSA) is 40.5 Å². The molecule has 0 unspecified atom stereocenters. The third kappa shape index (κ3) is 8.56. The van der Waals surface area contributed by atoms with Crippen LogP contribution in [0.15, 0.2) is 37.0 Å². The van der Waals surface area contributed by atoms with Crippen molar-refractivity contribution in [3.05, 3.63) is 37.0 Å². The van der Waals surface area contributed by atoms with E-state index in [0.29, 0.717) is 6.54 Å². The van der Waals surface area contributed by atoms with Gasteiger partial charge in [-0.1, -0.05) is 37.0 Å². The van der Waals surface area contributed by atoms with Gasteiger partial charge in [-0.3, -0.25) is 9.69 Å². The first-order valence-electron chi connectivity index (χ1n) is 4.01. The average Bonchev–Trinajstić information content (AvgIpc) is 2.02. The van der Waals surface area contributed by atoms with Crippen molar-refractivity contribution in [2.75, 3.05) is 20.1 Å². The van der Waals surface area contributed by atoms with E-state index in [9.17, 15) is 4.79 Å². The molecule has 0 aliphatic carbocycles. The summed E-state index contributed by atoms with van der Waals surface area (Å²) in [5.41, 5.74) is 0. The molecular formula is C10H15NO2. The standard InChI is InChI=1S/C10H15NO2/c1-3-4-5-6-7-8-11(2)9-10(12)13/h3-7H,1,8-9H2,2H3,(H,12,13)/b5-4-,7-6+. The number of nitrogens with zero attached hydrogens (tertiary/aromatic N) is 1. The summed E-state index contributed by atoms with van der Waals surface area (Å²) in [4.78, 5) is 12.0. The molecule has 0 saturated carbocycles. The summed E-state index contributed by atoms with van der Waals surface area (Å²) in [5, 5.41) is 8.43. The van der Waals surface area contributed by atoms with E-state index in [1.807, 2.05) is 24.3 Å². The average molecular weight is 181 g/mol. The second kappa shape index (κ2) is 7.31. The van der Waals surface area contributed by atoms with E-state index >= 15 is 0 Å². The van der Waals surface area contributed by atoms with E-state index in [-0.39, 0.29) is 6.54 Å². The molecule has 3 nitrogen and oxygen atoms in total. The zero-order chi connectivity index (χ0) is 10.1. The highest BCUT2D eigenvalue weighted by Crippen LogP contribution is 1.84. The van der Waals surface area contributed by atoms with Crippen LogP contribution in [0.1, 0.15) is 0 Å². The number of carbonyl (C=O) groups is 1. The SMILES string of the molecule is C=C/C=C\C=C\CN(C)CC(=O)O. The van der Waals surface area contributed by atoms with E-state index in [1.165, 1.54) is 0 Å². The normalized spacial score (nSPS) is 11.5. The Morgan fingerprint density at radius 2 is 2.15 bits per heavy atom. The molecule has 0 radical (unpaired) electrons.